The smallest absolute Gasteiger partial charge is 0.407 e. The molecule has 210 valence electrons. The molecule has 6 rings (SSSR count). The highest BCUT2D eigenvalue weighted by molar-refractivity contribution is 9.10. The van der Waals surface area contributed by atoms with Crippen molar-refractivity contribution >= 4 is 44.7 Å². The summed E-state index contributed by atoms with van der Waals surface area (Å²) in [5.74, 6) is 0. The number of amides is 1. The van der Waals surface area contributed by atoms with Crippen molar-refractivity contribution in [2.45, 2.75) is 44.8 Å². The van der Waals surface area contributed by atoms with Gasteiger partial charge in [0.25, 0.3) is 0 Å². The summed E-state index contributed by atoms with van der Waals surface area (Å²) in [6.07, 6.45) is 2.56. The van der Waals surface area contributed by atoms with Gasteiger partial charge in [0.1, 0.15) is 0 Å². The van der Waals surface area contributed by atoms with Crippen LogP contribution in [0.25, 0.3) is 22.3 Å². The van der Waals surface area contributed by atoms with Crippen molar-refractivity contribution < 1.29 is 9.90 Å². The van der Waals surface area contributed by atoms with Crippen LogP contribution >= 0.6 is 27.5 Å². The Morgan fingerprint density at radius 1 is 1.07 bits per heavy atom. The maximum absolute atomic E-state index is 13.0. The Morgan fingerprint density at radius 3 is 2.55 bits per heavy atom. The molecule has 0 saturated carbocycles. The Labute approximate surface area is 245 Å². The Bertz CT molecular complexity index is 1620. The number of likely N-dealkylation sites (tertiary alicyclic amines) is 1. The van der Waals surface area contributed by atoms with Crippen LogP contribution in [0.5, 0.6) is 0 Å². The van der Waals surface area contributed by atoms with E-state index < -0.39 is 6.09 Å². The number of carbonyl (C=O) groups is 1. The van der Waals surface area contributed by atoms with Gasteiger partial charge >= 0.3 is 11.8 Å². The fourth-order valence-electron chi connectivity index (χ4n) is 6.22. The lowest BCUT2D eigenvalue weighted by Crippen LogP contribution is -2.38. The van der Waals surface area contributed by atoms with Crippen molar-refractivity contribution in [1.82, 2.24) is 28.7 Å². The van der Waals surface area contributed by atoms with Crippen LogP contribution in [0, 0.1) is 0 Å². The van der Waals surface area contributed by atoms with Gasteiger partial charge in [-0.1, -0.05) is 39.7 Å². The van der Waals surface area contributed by atoms with Crippen LogP contribution < -0.4 is 5.69 Å². The molecule has 1 amide bonds. The zero-order valence-corrected chi connectivity index (χ0v) is 24.7. The van der Waals surface area contributed by atoms with E-state index in [0.29, 0.717) is 24.5 Å². The topological polar surface area (TPSA) is 88.5 Å². The number of rotatable bonds is 6. The second-order valence-corrected chi connectivity index (χ2v) is 12.1. The van der Waals surface area contributed by atoms with E-state index in [9.17, 15) is 14.7 Å². The van der Waals surface area contributed by atoms with E-state index in [1.807, 2.05) is 54.1 Å². The van der Waals surface area contributed by atoms with Crippen molar-refractivity contribution in [3.8, 4) is 11.3 Å². The van der Waals surface area contributed by atoms with Gasteiger partial charge in [-0.2, -0.15) is 5.10 Å². The first-order valence-corrected chi connectivity index (χ1v) is 14.9. The van der Waals surface area contributed by atoms with Gasteiger partial charge < -0.3 is 14.9 Å². The molecule has 1 saturated heterocycles. The molecule has 9 nitrogen and oxygen atoms in total. The first kappa shape index (κ1) is 27.1. The number of halogens is 2. The van der Waals surface area contributed by atoms with E-state index in [2.05, 4.69) is 25.5 Å². The van der Waals surface area contributed by atoms with Crippen LogP contribution in [-0.4, -0.2) is 66.1 Å². The van der Waals surface area contributed by atoms with Crippen molar-refractivity contribution in [2.75, 3.05) is 26.2 Å². The summed E-state index contributed by atoms with van der Waals surface area (Å²) < 4.78 is 6.73. The molecule has 4 aromatic rings. The van der Waals surface area contributed by atoms with Crippen LogP contribution in [0.2, 0.25) is 5.02 Å². The number of aryl methyl sites for hydroxylation is 2. The minimum absolute atomic E-state index is 0.0159. The molecule has 0 aliphatic carbocycles. The second-order valence-electron chi connectivity index (χ2n) is 10.7. The minimum atomic E-state index is -0.891. The van der Waals surface area contributed by atoms with Gasteiger partial charge in [0.05, 0.1) is 23.3 Å². The third-order valence-electron chi connectivity index (χ3n) is 8.34. The van der Waals surface area contributed by atoms with Gasteiger partial charge in [-0.3, -0.25) is 13.8 Å². The number of nitrogens with zero attached hydrogens (tertiary/aromatic N) is 6. The fraction of sp³-hybridized carbons (Fsp3) is 0.414. The zero-order chi connectivity index (χ0) is 28.0. The SMILES string of the molecule is Cn1c(=O)n(C2CCN(CCCn3nc(-c4ccc(Br)cc4)c4c3CCN(C(=O)O)C4)CC2)c2cc(Cl)ccc21. The highest BCUT2D eigenvalue weighted by Crippen LogP contribution is 2.32. The summed E-state index contributed by atoms with van der Waals surface area (Å²) in [6.45, 7) is 4.45. The lowest BCUT2D eigenvalue weighted by atomic mass is 10.0. The largest absolute Gasteiger partial charge is 0.465 e. The molecule has 4 heterocycles. The minimum Gasteiger partial charge on any atom is -0.465 e. The van der Waals surface area contributed by atoms with Crippen molar-refractivity contribution in [2.24, 2.45) is 7.05 Å². The maximum atomic E-state index is 13.0. The first-order chi connectivity index (χ1) is 19.3. The number of imidazole rings is 1. The Balaban J connectivity index is 1.12. The van der Waals surface area contributed by atoms with E-state index >= 15 is 0 Å². The number of piperidine rings is 1. The molecule has 11 heteroatoms. The van der Waals surface area contributed by atoms with Gasteiger partial charge in [-0.15, -0.1) is 0 Å². The number of aromatic nitrogens is 4. The predicted octanol–water partition coefficient (Wildman–Crippen LogP) is 5.38. The summed E-state index contributed by atoms with van der Waals surface area (Å²) in [6, 6.07) is 13.8. The molecule has 2 aliphatic rings. The maximum Gasteiger partial charge on any atom is 0.407 e. The molecule has 0 unspecified atom stereocenters. The quantitative estimate of drug-likeness (QED) is 0.310. The molecule has 0 atom stereocenters. The van der Waals surface area contributed by atoms with Gasteiger partial charge in [0, 0.05) is 72.0 Å². The molecule has 0 bridgehead atoms. The fourth-order valence-corrected chi connectivity index (χ4v) is 6.65. The average molecular weight is 628 g/mol. The summed E-state index contributed by atoms with van der Waals surface area (Å²) in [4.78, 5) is 28.6. The van der Waals surface area contributed by atoms with E-state index in [1.54, 1.807) is 4.57 Å². The first-order valence-electron chi connectivity index (χ1n) is 13.7. The summed E-state index contributed by atoms with van der Waals surface area (Å²) in [5, 5.41) is 15.2. The van der Waals surface area contributed by atoms with Crippen LogP contribution in [0.15, 0.2) is 51.7 Å². The Kier molecular flexibility index (Phi) is 7.50. The molecular formula is C29H32BrClN6O3. The Morgan fingerprint density at radius 2 is 1.82 bits per heavy atom. The highest BCUT2D eigenvalue weighted by Gasteiger charge is 2.28. The van der Waals surface area contributed by atoms with Crippen molar-refractivity contribution in [3.05, 3.63) is 73.7 Å². The normalized spacial score (nSPS) is 16.5. The highest BCUT2D eigenvalue weighted by atomic mass is 79.9. The molecule has 2 aromatic heterocycles. The zero-order valence-electron chi connectivity index (χ0n) is 22.4. The monoisotopic (exact) mass is 626 g/mol. The molecular weight excluding hydrogens is 596 g/mol. The van der Waals surface area contributed by atoms with E-state index in [0.717, 1.165) is 83.5 Å². The standard InChI is InChI=1S/C29H32BrClN6O3/c1-33-25-8-7-21(31)17-26(25)37(28(33)38)22-9-14-34(15-10-22)12-2-13-36-24-11-16-35(29(39)40)18-23(24)27(32-36)19-3-5-20(30)6-4-19/h3-8,17,22H,2,9-16,18H2,1H3,(H,39,40). The number of benzene rings is 2. The van der Waals surface area contributed by atoms with Crippen LogP contribution in [0.1, 0.15) is 36.6 Å². The Hall–Kier alpha value is -3.08. The van der Waals surface area contributed by atoms with E-state index in [-0.39, 0.29) is 11.7 Å². The van der Waals surface area contributed by atoms with Crippen molar-refractivity contribution in [1.29, 1.82) is 0 Å². The molecule has 0 spiro atoms. The predicted molar refractivity (Wildman–Crippen MR) is 159 cm³/mol. The molecule has 0 radical (unpaired) electrons. The van der Waals surface area contributed by atoms with Gasteiger partial charge in [-0.05, 0) is 56.1 Å². The number of hydrogen-bond donors (Lipinski definition) is 1. The number of carboxylic acid groups (broad SMARTS) is 1. The second kappa shape index (κ2) is 11.1. The lowest BCUT2D eigenvalue weighted by molar-refractivity contribution is 0.139. The molecule has 1 fully saturated rings. The van der Waals surface area contributed by atoms with Crippen LogP contribution in [0.3, 0.4) is 0 Å². The molecule has 2 aromatic carbocycles. The summed E-state index contributed by atoms with van der Waals surface area (Å²) >= 11 is 9.75. The van der Waals surface area contributed by atoms with Crippen molar-refractivity contribution in [3.63, 3.8) is 0 Å². The summed E-state index contributed by atoms with van der Waals surface area (Å²) in [5.41, 5.74) is 5.86. The number of hydrogen-bond acceptors (Lipinski definition) is 4. The lowest BCUT2D eigenvalue weighted by Gasteiger charge is -2.32. The van der Waals surface area contributed by atoms with E-state index in [1.165, 1.54) is 4.90 Å². The third-order valence-corrected chi connectivity index (χ3v) is 9.10. The van der Waals surface area contributed by atoms with Gasteiger partial charge in [0.2, 0.25) is 0 Å². The average Bonchev–Trinajstić information content (AvgIpc) is 3.43. The molecule has 1 N–H and O–H groups in total. The number of fused-ring (bicyclic) bond motifs is 2. The van der Waals surface area contributed by atoms with E-state index in [4.69, 9.17) is 16.7 Å². The summed E-state index contributed by atoms with van der Waals surface area (Å²) in [7, 11) is 1.82. The van der Waals surface area contributed by atoms with Gasteiger partial charge in [0.15, 0.2) is 0 Å². The molecule has 2 aliphatic heterocycles. The van der Waals surface area contributed by atoms with Gasteiger partial charge in [-0.25, -0.2) is 9.59 Å². The van der Waals surface area contributed by atoms with Crippen LogP contribution in [-0.2, 0) is 26.6 Å². The third kappa shape index (κ3) is 5.08. The van der Waals surface area contributed by atoms with Crippen LogP contribution in [0.4, 0.5) is 4.79 Å². The molecule has 40 heavy (non-hydrogen) atoms.